The normalized spacial score (nSPS) is 17.7. The smallest absolute Gasteiger partial charge is 0.258 e. The van der Waals surface area contributed by atoms with E-state index < -0.39 is 11.7 Å². The Bertz CT molecular complexity index is 1140. The number of carbonyl (C=O) groups is 2. The van der Waals surface area contributed by atoms with E-state index in [2.05, 4.69) is 15.8 Å². The third-order valence-corrected chi connectivity index (χ3v) is 5.35. The average Bonchev–Trinajstić information content (AvgIpc) is 3.59. The summed E-state index contributed by atoms with van der Waals surface area (Å²) >= 11 is 0. The average molecular weight is 415 g/mol. The number of hydrogen-bond acceptors (Lipinski definition) is 3. The Labute approximate surface area is 180 Å². The largest absolute Gasteiger partial charge is 0.322 e. The van der Waals surface area contributed by atoms with Crippen LogP contribution in [0.25, 0.3) is 0 Å². The number of hydrogen-bond donors (Lipinski definition) is 2. The first-order valence-electron chi connectivity index (χ1n) is 10.1. The van der Waals surface area contributed by atoms with Crippen LogP contribution in [-0.2, 0) is 4.79 Å². The molecule has 2 atom stereocenters. The van der Waals surface area contributed by atoms with Crippen molar-refractivity contribution in [2.24, 2.45) is 11.0 Å². The first kappa shape index (κ1) is 20.5. The SMILES string of the molecule is C/C(=N/NC(=O)C1CC1c1ccccc1)c1cccc(NC(=O)c2ccccc2F)c1. The zero-order valence-electron chi connectivity index (χ0n) is 17.0. The predicted octanol–water partition coefficient (Wildman–Crippen LogP) is 4.72. The molecule has 0 spiro atoms. The molecule has 4 rings (SSSR count). The van der Waals surface area contributed by atoms with Crippen LogP contribution in [-0.4, -0.2) is 17.5 Å². The van der Waals surface area contributed by atoms with Crippen LogP contribution in [0.1, 0.15) is 40.7 Å². The van der Waals surface area contributed by atoms with E-state index in [9.17, 15) is 14.0 Å². The molecule has 5 nitrogen and oxygen atoms in total. The monoisotopic (exact) mass is 415 g/mol. The van der Waals surface area contributed by atoms with Crippen LogP contribution < -0.4 is 10.7 Å². The number of carbonyl (C=O) groups excluding carboxylic acids is 2. The highest BCUT2D eigenvalue weighted by Gasteiger charge is 2.43. The van der Waals surface area contributed by atoms with Crippen LogP contribution in [0.3, 0.4) is 0 Å². The molecular formula is C25H22FN3O2. The molecule has 0 radical (unpaired) electrons. The molecule has 2 amide bonds. The molecule has 1 saturated carbocycles. The number of halogens is 1. The van der Waals surface area contributed by atoms with Gasteiger partial charge in [-0.25, -0.2) is 9.82 Å². The molecule has 0 saturated heterocycles. The van der Waals surface area contributed by atoms with Crippen molar-refractivity contribution in [2.75, 3.05) is 5.32 Å². The topological polar surface area (TPSA) is 70.6 Å². The molecular weight excluding hydrogens is 393 g/mol. The molecule has 6 heteroatoms. The number of hydrazone groups is 1. The van der Waals surface area contributed by atoms with Crippen molar-refractivity contribution in [2.45, 2.75) is 19.3 Å². The molecule has 3 aromatic carbocycles. The Hall–Kier alpha value is -3.80. The van der Waals surface area contributed by atoms with Gasteiger partial charge in [0.15, 0.2) is 0 Å². The van der Waals surface area contributed by atoms with Crippen molar-refractivity contribution >= 4 is 23.2 Å². The van der Waals surface area contributed by atoms with Gasteiger partial charge in [-0.05, 0) is 54.7 Å². The lowest BCUT2D eigenvalue weighted by molar-refractivity contribution is -0.122. The van der Waals surface area contributed by atoms with Crippen LogP contribution >= 0.6 is 0 Å². The fourth-order valence-electron chi connectivity index (χ4n) is 3.51. The molecule has 2 N–H and O–H groups in total. The van der Waals surface area contributed by atoms with Crippen molar-refractivity contribution in [1.29, 1.82) is 0 Å². The second-order valence-corrected chi connectivity index (χ2v) is 7.55. The molecule has 1 fully saturated rings. The maximum absolute atomic E-state index is 13.8. The maximum atomic E-state index is 13.8. The Morgan fingerprint density at radius 3 is 2.48 bits per heavy atom. The third kappa shape index (κ3) is 4.86. The fraction of sp³-hybridized carbons (Fsp3) is 0.160. The number of anilines is 1. The summed E-state index contributed by atoms with van der Waals surface area (Å²) in [7, 11) is 0. The van der Waals surface area contributed by atoms with Crippen LogP contribution in [0, 0.1) is 11.7 Å². The second kappa shape index (κ2) is 8.92. The number of benzene rings is 3. The van der Waals surface area contributed by atoms with Gasteiger partial charge in [-0.1, -0.05) is 54.6 Å². The van der Waals surface area contributed by atoms with E-state index in [0.717, 1.165) is 12.0 Å². The lowest BCUT2D eigenvalue weighted by Crippen LogP contribution is -2.21. The molecule has 0 aromatic heterocycles. The minimum atomic E-state index is -0.578. The van der Waals surface area contributed by atoms with E-state index >= 15 is 0 Å². The zero-order chi connectivity index (χ0) is 21.8. The van der Waals surface area contributed by atoms with Crippen molar-refractivity contribution < 1.29 is 14.0 Å². The van der Waals surface area contributed by atoms with E-state index in [0.29, 0.717) is 11.4 Å². The fourth-order valence-corrected chi connectivity index (χ4v) is 3.51. The molecule has 0 aliphatic heterocycles. The molecule has 2 unspecified atom stereocenters. The summed E-state index contributed by atoms with van der Waals surface area (Å²) < 4.78 is 13.8. The Balaban J connectivity index is 1.38. The second-order valence-electron chi connectivity index (χ2n) is 7.55. The Morgan fingerprint density at radius 2 is 1.71 bits per heavy atom. The molecule has 0 heterocycles. The number of nitrogens with one attached hydrogen (secondary N) is 2. The lowest BCUT2D eigenvalue weighted by atomic mass is 10.1. The summed E-state index contributed by atoms with van der Waals surface area (Å²) in [5.41, 5.74) is 5.65. The first-order chi connectivity index (χ1) is 15.0. The van der Waals surface area contributed by atoms with E-state index in [1.807, 2.05) is 36.4 Å². The Morgan fingerprint density at radius 1 is 0.968 bits per heavy atom. The minimum absolute atomic E-state index is 0.0250. The van der Waals surface area contributed by atoms with Gasteiger partial charge in [-0.15, -0.1) is 0 Å². The predicted molar refractivity (Wildman–Crippen MR) is 118 cm³/mol. The van der Waals surface area contributed by atoms with E-state index in [-0.39, 0.29) is 23.3 Å². The molecule has 1 aliphatic rings. The molecule has 156 valence electrons. The van der Waals surface area contributed by atoms with E-state index in [4.69, 9.17) is 0 Å². The van der Waals surface area contributed by atoms with Crippen LogP contribution in [0.2, 0.25) is 0 Å². The van der Waals surface area contributed by atoms with Crippen LogP contribution in [0.4, 0.5) is 10.1 Å². The molecule has 0 bridgehead atoms. The quantitative estimate of drug-likeness (QED) is 0.452. The first-order valence-corrected chi connectivity index (χ1v) is 10.1. The van der Waals surface area contributed by atoms with Crippen LogP contribution in [0.15, 0.2) is 84.0 Å². The number of amides is 2. The minimum Gasteiger partial charge on any atom is -0.322 e. The summed E-state index contributed by atoms with van der Waals surface area (Å²) in [6.07, 6.45) is 0.821. The summed E-state index contributed by atoms with van der Waals surface area (Å²) in [5, 5.41) is 6.91. The van der Waals surface area contributed by atoms with Crippen molar-refractivity contribution in [3.8, 4) is 0 Å². The van der Waals surface area contributed by atoms with Crippen molar-refractivity contribution in [3.05, 3.63) is 101 Å². The van der Waals surface area contributed by atoms with Gasteiger partial charge in [0.2, 0.25) is 5.91 Å². The van der Waals surface area contributed by atoms with E-state index in [1.54, 1.807) is 31.2 Å². The standard InChI is InChI=1S/C25H22FN3O2/c1-16(28-29-25(31)22-15-21(22)17-8-3-2-4-9-17)18-10-7-11-19(14-18)27-24(30)20-12-5-6-13-23(20)26/h2-14,21-22H,15H2,1H3,(H,27,30)(H,29,31)/b28-16-. The number of rotatable bonds is 6. The molecule has 1 aliphatic carbocycles. The lowest BCUT2D eigenvalue weighted by Gasteiger charge is -2.08. The van der Waals surface area contributed by atoms with Gasteiger partial charge in [0.25, 0.3) is 5.91 Å². The van der Waals surface area contributed by atoms with Gasteiger partial charge < -0.3 is 5.32 Å². The van der Waals surface area contributed by atoms with Crippen molar-refractivity contribution in [3.63, 3.8) is 0 Å². The Kier molecular flexibility index (Phi) is 5.89. The molecule has 3 aromatic rings. The van der Waals surface area contributed by atoms with Gasteiger partial charge in [-0.2, -0.15) is 5.10 Å². The van der Waals surface area contributed by atoms with Gasteiger partial charge in [0.05, 0.1) is 11.3 Å². The summed E-state index contributed by atoms with van der Waals surface area (Å²) in [4.78, 5) is 24.7. The zero-order valence-corrected chi connectivity index (χ0v) is 17.0. The number of nitrogens with zero attached hydrogens (tertiary/aromatic N) is 1. The van der Waals surface area contributed by atoms with Gasteiger partial charge in [-0.3, -0.25) is 9.59 Å². The third-order valence-electron chi connectivity index (χ3n) is 5.35. The maximum Gasteiger partial charge on any atom is 0.258 e. The highest BCUT2D eigenvalue weighted by atomic mass is 19.1. The molecule has 31 heavy (non-hydrogen) atoms. The summed E-state index contributed by atoms with van der Waals surface area (Å²) in [6, 6.07) is 22.8. The van der Waals surface area contributed by atoms with E-state index in [1.165, 1.54) is 23.8 Å². The highest BCUT2D eigenvalue weighted by molar-refractivity contribution is 6.06. The summed E-state index contributed by atoms with van der Waals surface area (Å²) in [5.74, 6) is -1.03. The van der Waals surface area contributed by atoms with Gasteiger partial charge >= 0.3 is 0 Å². The van der Waals surface area contributed by atoms with Crippen molar-refractivity contribution in [1.82, 2.24) is 5.43 Å². The van der Waals surface area contributed by atoms with Gasteiger partial charge in [0.1, 0.15) is 5.82 Å². The van der Waals surface area contributed by atoms with Crippen LogP contribution in [0.5, 0.6) is 0 Å². The van der Waals surface area contributed by atoms with Gasteiger partial charge in [0, 0.05) is 11.6 Å². The summed E-state index contributed by atoms with van der Waals surface area (Å²) in [6.45, 7) is 1.78. The highest BCUT2D eigenvalue weighted by Crippen LogP contribution is 2.47.